The Morgan fingerprint density at radius 1 is 1.26 bits per heavy atom. The van der Waals surface area contributed by atoms with Crippen LogP contribution < -0.4 is 5.32 Å². The second-order valence-electron chi connectivity index (χ2n) is 3.99. The van der Waals surface area contributed by atoms with E-state index < -0.39 is 11.7 Å². The molecule has 0 saturated heterocycles. The second kappa shape index (κ2) is 5.72. The first-order chi connectivity index (χ1) is 9.00. The summed E-state index contributed by atoms with van der Waals surface area (Å²) in [5, 5.41) is 2.72. The van der Waals surface area contributed by atoms with Crippen molar-refractivity contribution < 1.29 is 9.18 Å². The normalized spacial score (nSPS) is 10.3. The molecule has 19 heavy (non-hydrogen) atoms. The van der Waals surface area contributed by atoms with Gasteiger partial charge in [-0.15, -0.1) is 0 Å². The summed E-state index contributed by atoms with van der Waals surface area (Å²) in [5.41, 5.74) is 1.39. The summed E-state index contributed by atoms with van der Waals surface area (Å²) in [6.07, 6.45) is 0. The Morgan fingerprint density at radius 3 is 2.63 bits per heavy atom. The lowest BCUT2D eigenvalue weighted by Gasteiger charge is -2.10. The van der Waals surface area contributed by atoms with E-state index in [1.54, 1.807) is 12.1 Å². The number of hydrogen-bond donors (Lipinski definition) is 1. The predicted molar refractivity (Wildman–Crippen MR) is 78.2 cm³/mol. The van der Waals surface area contributed by atoms with E-state index in [-0.39, 0.29) is 10.6 Å². The largest absolute Gasteiger partial charge is 0.321 e. The highest BCUT2D eigenvalue weighted by molar-refractivity contribution is 9.10. The monoisotopic (exact) mass is 341 g/mol. The van der Waals surface area contributed by atoms with Crippen molar-refractivity contribution in [3.63, 3.8) is 0 Å². The standard InChI is InChI=1S/C14H10BrClFNO/c1-8-4-2-7-11(13(8)15)18-14(19)12-9(16)5-3-6-10(12)17/h2-7H,1H3,(H,18,19). The second-order valence-corrected chi connectivity index (χ2v) is 5.19. The third kappa shape index (κ3) is 2.96. The van der Waals surface area contributed by atoms with Crippen LogP contribution >= 0.6 is 27.5 Å². The fraction of sp³-hybridized carbons (Fsp3) is 0.0714. The lowest BCUT2D eigenvalue weighted by atomic mass is 10.1. The van der Waals surface area contributed by atoms with Crippen molar-refractivity contribution in [3.05, 3.63) is 62.8 Å². The Balaban J connectivity index is 2.34. The van der Waals surface area contributed by atoms with Crippen LogP contribution in [0.25, 0.3) is 0 Å². The van der Waals surface area contributed by atoms with E-state index in [2.05, 4.69) is 21.2 Å². The Morgan fingerprint density at radius 2 is 1.95 bits per heavy atom. The maximum Gasteiger partial charge on any atom is 0.260 e. The van der Waals surface area contributed by atoms with Crippen LogP contribution in [-0.4, -0.2) is 5.91 Å². The van der Waals surface area contributed by atoms with Gasteiger partial charge in [-0.1, -0.05) is 29.8 Å². The van der Waals surface area contributed by atoms with Gasteiger partial charge in [0.2, 0.25) is 0 Å². The lowest BCUT2D eigenvalue weighted by molar-refractivity contribution is 0.102. The summed E-state index contributed by atoms with van der Waals surface area (Å²) >= 11 is 9.23. The number of anilines is 1. The van der Waals surface area contributed by atoms with Gasteiger partial charge < -0.3 is 5.32 Å². The van der Waals surface area contributed by atoms with Gasteiger partial charge in [-0.25, -0.2) is 4.39 Å². The molecule has 2 aromatic rings. The molecular formula is C14H10BrClFNO. The summed E-state index contributed by atoms with van der Waals surface area (Å²) in [7, 11) is 0. The minimum absolute atomic E-state index is 0.0845. The number of nitrogens with one attached hydrogen (secondary N) is 1. The van der Waals surface area contributed by atoms with Gasteiger partial charge in [0.05, 0.1) is 16.3 Å². The minimum Gasteiger partial charge on any atom is -0.321 e. The van der Waals surface area contributed by atoms with Crippen LogP contribution in [-0.2, 0) is 0 Å². The molecule has 0 heterocycles. The molecule has 0 aliphatic rings. The first-order valence-corrected chi connectivity index (χ1v) is 6.68. The molecule has 5 heteroatoms. The van der Waals surface area contributed by atoms with Crippen molar-refractivity contribution >= 4 is 39.1 Å². The molecule has 0 saturated carbocycles. The third-order valence-corrected chi connectivity index (χ3v) is 4.00. The predicted octanol–water partition coefficient (Wildman–Crippen LogP) is 4.80. The summed E-state index contributed by atoms with van der Waals surface area (Å²) in [5.74, 6) is -1.22. The molecule has 0 spiro atoms. The zero-order valence-electron chi connectivity index (χ0n) is 10.0. The minimum atomic E-state index is -0.645. The zero-order chi connectivity index (χ0) is 14.0. The van der Waals surface area contributed by atoms with E-state index in [1.165, 1.54) is 18.2 Å². The topological polar surface area (TPSA) is 29.1 Å². The molecule has 0 unspecified atom stereocenters. The molecule has 0 fully saturated rings. The van der Waals surface area contributed by atoms with Gasteiger partial charge in [-0.2, -0.15) is 0 Å². The summed E-state index contributed by atoms with van der Waals surface area (Å²) in [6, 6.07) is 9.56. The van der Waals surface area contributed by atoms with Crippen LogP contribution in [0.3, 0.4) is 0 Å². The van der Waals surface area contributed by atoms with E-state index in [0.717, 1.165) is 10.0 Å². The summed E-state index contributed by atoms with van der Waals surface area (Å²) in [6.45, 7) is 1.90. The van der Waals surface area contributed by atoms with Crippen molar-refractivity contribution in [1.82, 2.24) is 0 Å². The van der Waals surface area contributed by atoms with Gasteiger partial charge in [0, 0.05) is 4.47 Å². The van der Waals surface area contributed by atoms with Crippen molar-refractivity contribution in [3.8, 4) is 0 Å². The lowest BCUT2D eigenvalue weighted by Crippen LogP contribution is -2.15. The molecule has 0 bridgehead atoms. The fourth-order valence-corrected chi connectivity index (χ4v) is 2.26. The van der Waals surface area contributed by atoms with Gasteiger partial charge in [0.25, 0.3) is 5.91 Å². The van der Waals surface area contributed by atoms with E-state index in [9.17, 15) is 9.18 Å². The van der Waals surface area contributed by atoms with Gasteiger partial charge in [0.15, 0.2) is 0 Å². The molecule has 0 atom stereocenters. The Kier molecular flexibility index (Phi) is 4.22. The number of rotatable bonds is 2. The van der Waals surface area contributed by atoms with E-state index in [0.29, 0.717) is 5.69 Å². The number of carbonyl (C=O) groups excluding carboxylic acids is 1. The Hall–Kier alpha value is -1.39. The molecule has 0 radical (unpaired) electrons. The highest BCUT2D eigenvalue weighted by Gasteiger charge is 2.16. The summed E-state index contributed by atoms with van der Waals surface area (Å²) < 4.78 is 14.4. The van der Waals surface area contributed by atoms with Crippen molar-refractivity contribution in [2.45, 2.75) is 6.92 Å². The van der Waals surface area contributed by atoms with Gasteiger partial charge in [-0.3, -0.25) is 4.79 Å². The molecule has 1 amide bonds. The van der Waals surface area contributed by atoms with E-state index >= 15 is 0 Å². The molecule has 2 nitrogen and oxygen atoms in total. The maximum absolute atomic E-state index is 13.6. The van der Waals surface area contributed by atoms with Crippen LogP contribution in [0, 0.1) is 12.7 Å². The number of amides is 1. The number of benzene rings is 2. The van der Waals surface area contributed by atoms with Gasteiger partial charge in [-0.05, 0) is 46.6 Å². The third-order valence-electron chi connectivity index (χ3n) is 2.63. The number of carbonyl (C=O) groups is 1. The molecule has 0 aliphatic heterocycles. The molecule has 2 rings (SSSR count). The van der Waals surface area contributed by atoms with Crippen LogP contribution in [0.5, 0.6) is 0 Å². The first-order valence-electron chi connectivity index (χ1n) is 5.51. The molecular weight excluding hydrogens is 333 g/mol. The number of aryl methyl sites for hydroxylation is 1. The Labute approximate surface area is 123 Å². The zero-order valence-corrected chi connectivity index (χ0v) is 12.3. The molecule has 1 N–H and O–H groups in total. The summed E-state index contributed by atoms with van der Waals surface area (Å²) in [4.78, 5) is 12.1. The van der Waals surface area contributed by atoms with Crippen LogP contribution in [0.15, 0.2) is 40.9 Å². The van der Waals surface area contributed by atoms with Crippen LogP contribution in [0.4, 0.5) is 10.1 Å². The number of hydrogen-bond acceptors (Lipinski definition) is 1. The van der Waals surface area contributed by atoms with Crippen molar-refractivity contribution in [2.24, 2.45) is 0 Å². The van der Waals surface area contributed by atoms with Crippen LogP contribution in [0.2, 0.25) is 5.02 Å². The highest BCUT2D eigenvalue weighted by atomic mass is 79.9. The van der Waals surface area contributed by atoms with Crippen LogP contribution in [0.1, 0.15) is 15.9 Å². The number of halogens is 3. The highest BCUT2D eigenvalue weighted by Crippen LogP contribution is 2.27. The van der Waals surface area contributed by atoms with E-state index in [4.69, 9.17) is 11.6 Å². The van der Waals surface area contributed by atoms with Gasteiger partial charge >= 0.3 is 0 Å². The van der Waals surface area contributed by atoms with Crippen molar-refractivity contribution in [1.29, 1.82) is 0 Å². The maximum atomic E-state index is 13.6. The average Bonchev–Trinajstić information content (AvgIpc) is 2.35. The first kappa shape index (κ1) is 14.0. The Bertz CT molecular complexity index is 625. The van der Waals surface area contributed by atoms with E-state index in [1.807, 2.05) is 13.0 Å². The van der Waals surface area contributed by atoms with Crippen molar-refractivity contribution in [2.75, 3.05) is 5.32 Å². The fourth-order valence-electron chi connectivity index (χ4n) is 1.64. The average molecular weight is 343 g/mol. The molecule has 2 aromatic carbocycles. The SMILES string of the molecule is Cc1cccc(NC(=O)c2c(F)cccc2Cl)c1Br. The smallest absolute Gasteiger partial charge is 0.260 e. The molecule has 0 aliphatic carbocycles. The quantitative estimate of drug-likeness (QED) is 0.834. The molecule has 98 valence electrons. The van der Waals surface area contributed by atoms with Gasteiger partial charge in [0.1, 0.15) is 5.82 Å². The molecule has 0 aromatic heterocycles.